The molecule has 0 radical (unpaired) electrons. The van der Waals surface area contributed by atoms with Crippen molar-refractivity contribution in [2.45, 2.75) is 13.5 Å². The summed E-state index contributed by atoms with van der Waals surface area (Å²) in [6.45, 7) is 1.39. The van der Waals surface area contributed by atoms with E-state index in [2.05, 4.69) is 36.6 Å². The zero-order valence-electron chi connectivity index (χ0n) is 17.1. The molecule has 0 aliphatic carbocycles. The number of carbonyl (C=O) groups excluding carboxylic acids is 2. The van der Waals surface area contributed by atoms with Crippen LogP contribution in [0.3, 0.4) is 0 Å². The number of rotatable bonds is 6. The van der Waals surface area contributed by atoms with E-state index in [1.165, 1.54) is 17.1 Å². The molecule has 9 nitrogen and oxygen atoms in total. The predicted molar refractivity (Wildman–Crippen MR) is 124 cm³/mol. The average Bonchev–Trinajstić information content (AvgIpc) is 3.22. The number of fused-ring (bicyclic) bond motifs is 1. The first-order chi connectivity index (χ1) is 15.4. The van der Waals surface area contributed by atoms with E-state index in [9.17, 15) is 14.4 Å². The quantitative estimate of drug-likeness (QED) is 0.427. The maximum atomic E-state index is 12.8. The summed E-state index contributed by atoms with van der Waals surface area (Å²) in [7, 11) is 0. The minimum atomic E-state index is -0.480. The highest BCUT2D eigenvalue weighted by Gasteiger charge is 2.14. The highest BCUT2D eigenvalue weighted by atomic mass is 79.9. The van der Waals surface area contributed by atoms with Crippen molar-refractivity contribution in [2.24, 2.45) is 0 Å². The molecule has 2 aromatic heterocycles. The largest absolute Gasteiger partial charge is 0.345 e. The molecule has 4 rings (SSSR count). The summed E-state index contributed by atoms with van der Waals surface area (Å²) >= 11 is 3.37. The topological polar surface area (TPSA) is 111 Å². The molecule has 0 saturated heterocycles. The smallest absolute Gasteiger partial charge is 0.264 e. The number of hydrogen-bond acceptors (Lipinski definition) is 5. The Hall–Kier alpha value is -3.79. The van der Waals surface area contributed by atoms with Crippen molar-refractivity contribution >= 4 is 44.5 Å². The lowest BCUT2D eigenvalue weighted by molar-refractivity contribution is -0.124. The van der Waals surface area contributed by atoms with Gasteiger partial charge in [0.25, 0.3) is 5.56 Å². The van der Waals surface area contributed by atoms with Crippen LogP contribution in [0.4, 0.5) is 5.69 Å². The second-order valence-electron chi connectivity index (χ2n) is 7.09. The Bertz CT molecular complexity index is 1360. The molecule has 32 heavy (non-hydrogen) atoms. The molecule has 10 heteroatoms. The van der Waals surface area contributed by atoms with Gasteiger partial charge in [0.05, 0.1) is 18.4 Å². The second-order valence-corrected chi connectivity index (χ2v) is 8.01. The van der Waals surface area contributed by atoms with E-state index >= 15 is 0 Å². The highest BCUT2D eigenvalue weighted by Crippen LogP contribution is 2.19. The third kappa shape index (κ3) is 4.59. The standard InChI is InChI=1S/C22H19BrN6O3/c1-14-9-15(23)7-8-18(14)27-19(30)11-24-20(31)12-28-13-25-21-17(22(28)32)10-26-29(21)16-5-3-2-4-6-16/h2-10,13H,11-12H2,1H3,(H,24,31)(H,27,30). The van der Waals surface area contributed by atoms with Crippen molar-refractivity contribution < 1.29 is 9.59 Å². The molecule has 2 amide bonds. The van der Waals surface area contributed by atoms with Gasteiger partial charge in [0.1, 0.15) is 18.3 Å². The number of halogens is 1. The van der Waals surface area contributed by atoms with E-state index in [1.807, 2.05) is 49.4 Å². The summed E-state index contributed by atoms with van der Waals surface area (Å²) in [6.07, 6.45) is 2.73. The van der Waals surface area contributed by atoms with Crippen LogP contribution in [0.15, 0.2) is 70.3 Å². The second kappa shape index (κ2) is 9.15. The van der Waals surface area contributed by atoms with Gasteiger partial charge in [-0.25, -0.2) is 9.67 Å². The zero-order chi connectivity index (χ0) is 22.7. The van der Waals surface area contributed by atoms with Crippen LogP contribution in [0.5, 0.6) is 0 Å². The Morgan fingerprint density at radius 3 is 2.62 bits per heavy atom. The SMILES string of the molecule is Cc1cc(Br)ccc1NC(=O)CNC(=O)Cn1cnc2c(cnn2-c2ccccc2)c1=O. The molecule has 162 valence electrons. The maximum Gasteiger partial charge on any atom is 0.264 e. The lowest BCUT2D eigenvalue weighted by atomic mass is 10.2. The molecule has 4 aromatic rings. The van der Waals surface area contributed by atoms with Crippen LogP contribution >= 0.6 is 15.9 Å². The fourth-order valence-electron chi connectivity index (χ4n) is 3.17. The van der Waals surface area contributed by atoms with Gasteiger partial charge in [0.15, 0.2) is 5.65 Å². The number of nitrogens with zero attached hydrogens (tertiary/aromatic N) is 4. The molecule has 0 atom stereocenters. The van der Waals surface area contributed by atoms with Crippen LogP contribution in [-0.4, -0.2) is 37.7 Å². The van der Waals surface area contributed by atoms with Crippen molar-refractivity contribution in [2.75, 3.05) is 11.9 Å². The van der Waals surface area contributed by atoms with Crippen molar-refractivity contribution in [3.05, 3.63) is 81.4 Å². The summed E-state index contributed by atoms with van der Waals surface area (Å²) in [5.41, 5.74) is 2.34. The lowest BCUT2D eigenvalue weighted by Gasteiger charge is -2.10. The molecule has 0 bridgehead atoms. The number of aromatic nitrogens is 4. The van der Waals surface area contributed by atoms with Crippen LogP contribution in [0, 0.1) is 6.92 Å². The summed E-state index contributed by atoms with van der Waals surface area (Å²) in [5, 5.41) is 9.81. The molecule has 0 aliphatic rings. The number of nitrogens with one attached hydrogen (secondary N) is 2. The molecule has 2 aromatic carbocycles. The minimum Gasteiger partial charge on any atom is -0.345 e. The van der Waals surface area contributed by atoms with Gasteiger partial charge in [-0.2, -0.15) is 5.10 Å². The minimum absolute atomic E-state index is 0.218. The van der Waals surface area contributed by atoms with Crippen molar-refractivity contribution in [1.29, 1.82) is 0 Å². The third-order valence-corrected chi connectivity index (χ3v) is 5.27. The fourth-order valence-corrected chi connectivity index (χ4v) is 3.65. The first-order valence-corrected chi connectivity index (χ1v) is 10.5. The van der Waals surface area contributed by atoms with Gasteiger partial charge in [0, 0.05) is 10.2 Å². The van der Waals surface area contributed by atoms with Crippen molar-refractivity contribution in [1.82, 2.24) is 24.6 Å². The van der Waals surface area contributed by atoms with Crippen LogP contribution < -0.4 is 16.2 Å². The van der Waals surface area contributed by atoms with Crippen LogP contribution in [0.2, 0.25) is 0 Å². The number of amides is 2. The number of anilines is 1. The molecule has 0 unspecified atom stereocenters. The van der Waals surface area contributed by atoms with Crippen LogP contribution in [0.1, 0.15) is 5.56 Å². The van der Waals surface area contributed by atoms with E-state index in [0.29, 0.717) is 16.7 Å². The Labute approximate surface area is 191 Å². The van der Waals surface area contributed by atoms with Crippen LogP contribution in [-0.2, 0) is 16.1 Å². The van der Waals surface area contributed by atoms with E-state index in [0.717, 1.165) is 15.7 Å². The van der Waals surface area contributed by atoms with Gasteiger partial charge in [-0.05, 0) is 42.8 Å². The first-order valence-electron chi connectivity index (χ1n) is 9.73. The molecular weight excluding hydrogens is 476 g/mol. The number of aryl methyl sites for hydroxylation is 1. The number of benzene rings is 2. The fraction of sp³-hybridized carbons (Fsp3) is 0.136. The molecule has 0 spiro atoms. The van der Waals surface area contributed by atoms with Crippen LogP contribution in [0.25, 0.3) is 16.7 Å². The number of para-hydroxylation sites is 1. The monoisotopic (exact) mass is 494 g/mol. The Kier molecular flexibility index (Phi) is 6.13. The summed E-state index contributed by atoms with van der Waals surface area (Å²) in [6, 6.07) is 14.8. The maximum absolute atomic E-state index is 12.8. The van der Waals surface area contributed by atoms with Gasteiger partial charge in [-0.1, -0.05) is 34.1 Å². The van der Waals surface area contributed by atoms with E-state index in [1.54, 1.807) is 10.7 Å². The zero-order valence-corrected chi connectivity index (χ0v) is 18.7. The van der Waals surface area contributed by atoms with E-state index in [4.69, 9.17) is 0 Å². The van der Waals surface area contributed by atoms with Gasteiger partial charge < -0.3 is 10.6 Å². The third-order valence-electron chi connectivity index (χ3n) is 4.78. The number of carbonyl (C=O) groups is 2. The lowest BCUT2D eigenvalue weighted by Crippen LogP contribution is -2.37. The molecule has 0 saturated carbocycles. The van der Waals surface area contributed by atoms with E-state index in [-0.39, 0.29) is 24.6 Å². The Balaban J connectivity index is 1.41. The Morgan fingerprint density at radius 1 is 1.09 bits per heavy atom. The Morgan fingerprint density at radius 2 is 1.88 bits per heavy atom. The van der Waals surface area contributed by atoms with E-state index < -0.39 is 5.91 Å². The molecule has 0 fully saturated rings. The summed E-state index contributed by atoms with van der Waals surface area (Å²) < 4.78 is 3.66. The van der Waals surface area contributed by atoms with Gasteiger partial charge >= 0.3 is 0 Å². The molecular formula is C22H19BrN6O3. The molecule has 0 aliphatic heterocycles. The number of hydrogen-bond donors (Lipinski definition) is 2. The molecule has 2 N–H and O–H groups in total. The summed E-state index contributed by atoms with van der Waals surface area (Å²) in [5.74, 6) is -0.847. The predicted octanol–water partition coefficient (Wildman–Crippen LogP) is 2.41. The van der Waals surface area contributed by atoms with Crippen molar-refractivity contribution in [3.63, 3.8) is 0 Å². The van der Waals surface area contributed by atoms with Gasteiger partial charge in [-0.15, -0.1) is 0 Å². The average molecular weight is 495 g/mol. The first kappa shape index (κ1) is 21.4. The van der Waals surface area contributed by atoms with Gasteiger partial charge in [0.2, 0.25) is 11.8 Å². The highest BCUT2D eigenvalue weighted by molar-refractivity contribution is 9.10. The van der Waals surface area contributed by atoms with Crippen molar-refractivity contribution in [3.8, 4) is 5.69 Å². The molecule has 2 heterocycles. The van der Waals surface area contributed by atoms with Gasteiger partial charge in [-0.3, -0.25) is 19.0 Å². The normalized spacial score (nSPS) is 10.8. The summed E-state index contributed by atoms with van der Waals surface area (Å²) in [4.78, 5) is 41.5.